The molecule has 0 aliphatic carbocycles. The van der Waals surface area contributed by atoms with Crippen molar-refractivity contribution in [2.45, 2.75) is 0 Å². The molecule has 0 atom stereocenters. The number of hydrogen-bond acceptors (Lipinski definition) is 4. The molecule has 1 fully saturated rings. The van der Waals surface area contributed by atoms with Gasteiger partial charge in [0.15, 0.2) is 0 Å². The van der Waals surface area contributed by atoms with Gasteiger partial charge in [-0.2, -0.15) is 5.26 Å². The first kappa shape index (κ1) is 11.3. The molecule has 1 aromatic carbocycles. The Labute approximate surface area is 100 Å². The third-order valence-electron chi connectivity index (χ3n) is 3.00. The molecule has 0 aromatic heterocycles. The van der Waals surface area contributed by atoms with Crippen LogP contribution in [0.15, 0.2) is 18.2 Å². The molecular weight excluding hydrogens is 216 g/mol. The molecule has 0 bridgehead atoms. The zero-order chi connectivity index (χ0) is 12.4. The van der Waals surface area contributed by atoms with E-state index >= 15 is 0 Å². The number of amides is 1. The quantitative estimate of drug-likeness (QED) is 0.709. The summed E-state index contributed by atoms with van der Waals surface area (Å²) >= 11 is 0. The highest BCUT2D eigenvalue weighted by atomic mass is 16.2. The summed E-state index contributed by atoms with van der Waals surface area (Å²) in [5.41, 5.74) is 7.59. The van der Waals surface area contributed by atoms with E-state index in [2.05, 4.69) is 0 Å². The van der Waals surface area contributed by atoms with Crippen molar-refractivity contribution in [2.75, 3.05) is 37.3 Å². The largest absolute Gasteiger partial charge is 0.396 e. The fraction of sp³-hybridized carbons (Fsp3) is 0.333. The lowest BCUT2D eigenvalue weighted by molar-refractivity contribution is -0.129. The van der Waals surface area contributed by atoms with E-state index in [1.54, 1.807) is 24.1 Å². The molecule has 1 saturated heterocycles. The van der Waals surface area contributed by atoms with Crippen LogP contribution in [0.2, 0.25) is 0 Å². The van der Waals surface area contributed by atoms with Gasteiger partial charge in [0, 0.05) is 20.1 Å². The maximum Gasteiger partial charge on any atom is 0.241 e. The lowest BCUT2D eigenvalue weighted by Gasteiger charge is -2.34. The second-order valence-electron chi connectivity index (χ2n) is 4.09. The van der Waals surface area contributed by atoms with Crippen LogP contribution in [-0.2, 0) is 4.79 Å². The van der Waals surface area contributed by atoms with Crippen LogP contribution in [0.1, 0.15) is 5.56 Å². The Balaban J connectivity index is 2.30. The van der Waals surface area contributed by atoms with Crippen LogP contribution in [-0.4, -0.2) is 37.5 Å². The number of piperazine rings is 1. The zero-order valence-electron chi connectivity index (χ0n) is 9.68. The van der Waals surface area contributed by atoms with Gasteiger partial charge in [-0.25, -0.2) is 0 Å². The molecule has 5 heteroatoms. The van der Waals surface area contributed by atoms with Gasteiger partial charge in [0.05, 0.1) is 23.5 Å². The molecule has 88 valence electrons. The second kappa shape index (κ2) is 4.34. The minimum absolute atomic E-state index is 0.0676. The Morgan fingerprint density at radius 2 is 2.18 bits per heavy atom. The Kier molecular flexibility index (Phi) is 2.88. The highest BCUT2D eigenvalue weighted by molar-refractivity contribution is 5.85. The second-order valence-corrected chi connectivity index (χ2v) is 4.09. The van der Waals surface area contributed by atoms with Crippen LogP contribution in [0.3, 0.4) is 0 Å². The molecule has 17 heavy (non-hydrogen) atoms. The van der Waals surface area contributed by atoms with Crippen LogP contribution < -0.4 is 10.6 Å². The minimum Gasteiger partial charge on any atom is -0.396 e. The molecule has 0 unspecified atom stereocenters. The van der Waals surface area contributed by atoms with E-state index in [1.807, 2.05) is 17.0 Å². The number of carbonyl (C=O) groups excluding carboxylic acids is 1. The van der Waals surface area contributed by atoms with Crippen LogP contribution in [0.5, 0.6) is 0 Å². The predicted octanol–water partition coefficient (Wildman–Crippen LogP) is 0.419. The van der Waals surface area contributed by atoms with E-state index in [9.17, 15) is 4.79 Å². The summed E-state index contributed by atoms with van der Waals surface area (Å²) in [6.45, 7) is 1.73. The van der Waals surface area contributed by atoms with Gasteiger partial charge in [0.2, 0.25) is 5.91 Å². The van der Waals surface area contributed by atoms with E-state index < -0.39 is 0 Å². The molecule has 1 aliphatic rings. The van der Waals surface area contributed by atoms with E-state index in [0.717, 1.165) is 12.2 Å². The van der Waals surface area contributed by atoms with E-state index in [4.69, 9.17) is 11.0 Å². The summed E-state index contributed by atoms with van der Waals surface area (Å²) in [5, 5.41) is 8.91. The summed E-state index contributed by atoms with van der Waals surface area (Å²) in [4.78, 5) is 15.2. The third-order valence-corrected chi connectivity index (χ3v) is 3.00. The number of nitrogen functional groups attached to an aromatic ring is 1. The number of nitrogens with zero attached hydrogens (tertiary/aromatic N) is 3. The molecule has 0 saturated carbocycles. The normalized spacial score (nSPS) is 15.9. The molecule has 1 aromatic rings. The van der Waals surface area contributed by atoms with Gasteiger partial charge < -0.3 is 15.5 Å². The van der Waals surface area contributed by atoms with Crippen molar-refractivity contribution in [3.63, 3.8) is 0 Å². The number of hydrogen-bond donors (Lipinski definition) is 1. The lowest BCUT2D eigenvalue weighted by Crippen LogP contribution is -2.48. The number of benzene rings is 1. The van der Waals surface area contributed by atoms with Crippen molar-refractivity contribution in [1.82, 2.24) is 4.90 Å². The maximum atomic E-state index is 11.6. The topological polar surface area (TPSA) is 73.4 Å². The first-order valence-corrected chi connectivity index (χ1v) is 5.41. The van der Waals surface area contributed by atoms with Crippen molar-refractivity contribution in [3.05, 3.63) is 23.8 Å². The Morgan fingerprint density at radius 1 is 1.41 bits per heavy atom. The summed E-state index contributed by atoms with van der Waals surface area (Å²) < 4.78 is 0. The van der Waals surface area contributed by atoms with Crippen LogP contribution in [0.4, 0.5) is 11.4 Å². The SMILES string of the molecule is CN1CCN(c2cccc(C#N)c2N)CC1=O. The number of para-hydroxylation sites is 1. The highest BCUT2D eigenvalue weighted by Crippen LogP contribution is 2.27. The van der Waals surface area contributed by atoms with Gasteiger partial charge in [-0.05, 0) is 12.1 Å². The first-order valence-electron chi connectivity index (χ1n) is 5.41. The number of nitrogens with two attached hydrogens (primary N) is 1. The fourth-order valence-electron chi connectivity index (χ4n) is 1.89. The minimum atomic E-state index is 0.0676. The number of anilines is 2. The summed E-state index contributed by atoms with van der Waals surface area (Å²) in [7, 11) is 1.79. The number of carbonyl (C=O) groups is 1. The van der Waals surface area contributed by atoms with Crippen LogP contribution >= 0.6 is 0 Å². The fourth-order valence-corrected chi connectivity index (χ4v) is 1.89. The van der Waals surface area contributed by atoms with E-state index in [1.165, 1.54) is 0 Å². The van der Waals surface area contributed by atoms with Gasteiger partial charge in [0.25, 0.3) is 0 Å². The molecule has 1 amide bonds. The zero-order valence-corrected chi connectivity index (χ0v) is 9.68. The van der Waals surface area contributed by atoms with Crippen molar-refractivity contribution in [1.29, 1.82) is 5.26 Å². The average molecular weight is 230 g/mol. The van der Waals surface area contributed by atoms with Gasteiger partial charge >= 0.3 is 0 Å². The average Bonchev–Trinajstić information content (AvgIpc) is 2.33. The molecule has 0 radical (unpaired) electrons. The van der Waals surface area contributed by atoms with Gasteiger partial charge in [-0.1, -0.05) is 6.07 Å². The molecule has 1 heterocycles. The number of nitriles is 1. The molecule has 5 nitrogen and oxygen atoms in total. The van der Waals surface area contributed by atoms with E-state index in [0.29, 0.717) is 24.3 Å². The monoisotopic (exact) mass is 230 g/mol. The van der Waals surface area contributed by atoms with Crippen molar-refractivity contribution in [2.24, 2.45) is 0 Å². The standard InChI is InChI=1S/C12H14N4O/c1-15-5-6-16(8-11(15)17)10-4-2-3-9(7-13)12(10)14/h2-4H,5-6,8,14H2,1H3. The summed E-state index contributed by atoms with van der Waals surface area (Å²) in [6.07, 6.45) is 0. The van der Waals surface area contributed by atoms with Crippen molar-refractivity contribution >= 4 is 17.3 Å². The molecule has 0 spiro atoms. The Hall–Kier alpha value is -2.22. The maximum absolute atomic E-state index is 11.6. The first-order chi connectivity index (χ1) is 8.13. The Morgan fingerprint density at radius 3 is 2.82 bits per heavy atom. The summed E-state index contributed by atoms with van der Waals surface area (Å²) in [5.74, 6) is 0.0676. The third kappa shape index (κ3) is 2.02. The van der Waals surface area contributed by atoms with Crippen LogP contribution in [0.25, 0.3) is 0 Å². The van der Waals surface area contributed by atoms with Crippen molar-refractivity contribution in [3.8, 4) is 6.07 Å². The molecule has 2 N–H and O–H groups in total. The van der Waals surface area contributed by atoms with Gasteiger partial charge in [-0.3, -0.25) is 4.79 Å². The highest BCUT2D eigenvalue weighted by Gasteiger charge is 2.22. The van der Waals surface area contributed by atoms with Gasteiger partial charge in [0.1, 0.15) is 6.07 Å². The Bertz CT molecular complexity index is 492. The molecule has 2 rings (SSSR count). The van der Waals surface area contributed by atoms with Gasteiger partial charge in [-0.15, -0.1) is 0 Å². The molecule has 1 aliphatic heterocycles. The predicted molar refractivity (Wildman–Crippen MR) is 65.4 cm³/mol. The van der Waals surface area contributed by atoms with Crippen molar-refractivity contribution < 1.29 is 4.79 Å². The lowest BCUT2D eigenvalue weighted by atomic mass is 10.1. The number of likely N-dealkylation sites (N-methyl/N-ethyl adjacent to an activating group) is 1. The summed E-state index contributed by atoms with van der Waals surface area (Å²) in [6, 6.07) is 7.35. The number of rotatable bonds is 1. The van der Waals surface area contributed by atoms with Crippen LogP contribution in [0, 0.1) is 11.3 Å². The van der Waals surface area contributed by atoms with E-state index in [-0.39, 0.29) is 5.91 Å². The molecular formula is C12H14N4O. The smallest absolute Gasteiger partial charge is 0.241 e.